The number of amides is 1. The fourth-order valence-corrected chi connectivity index (χ4v) is 1.87. The smallest absolute Gasteiger partial charge is 0.222 e. The summed E-state index contributed by atoms with van der Waals surface area (Å²) in [6.45, 7) is 8.30. The van der Waals surface area contributed by atoms with Crippen molar-refractivity contribution in [3.63, 3.8) is 0 Å². The molecule has 0 saturated carbocycles. The Kier molecular flexibility index (Phi) is 10.6. The molecule has 0 aliphatic rings. The van der Waals surface area contributed by atoms with Gasteiger partial charge in [-0.25, -0.2) is 0 Å². The topological polar surface area (TPSA) is 20.3 Å². The quantitative estimate of drug-likeness (QED) is 0.517. The Morgan fingerprint density at radius 3 is 2.06 bits per heavy atom. The van der Waals surface area contributed by atoms with E-state index in [2.05, 4.69) is 20.8 Å². The maximum absolute atomic E-state index is 11.8. The zero-order valence-electron chi connectivity index (χ0n) is 11.4. The van der Waals surface area contributed by atoms with E-state index in [1.54, 1.807) is 0 Å². The number of unbranched alkanes of at least 4 members (excludes halogenated alkanes) is 5. The highest BCUT2D eigenvalue weighted by molar-refractivity contribution is 5.76. The molecule has 0 fully saturated rings. The summed E-state index contributed by atoms with van der Waals surface area (Å²) in [5, 5.41) is 0. The molecule has 0 aromatic carbocycles. The molecule has 0 bridgehead atoms. The zero-order valence-corrected chi connectivity index (χ0v) is 11.4. The van der Waals surface area contributed by atoms with Gasteiger partial charge < -0.3 is 4.90 Å². The summed E-state index contributed by atoms with van der Waals surface area (Å²) < 4.78 is 0. The lowest BCUT2D eigenvalue weighted by molar-refractivity contribution is -0.131. The summed E-state index contributed by atoms with van der Waals surface area (Å²) in [6, 6.07) is 0. The Morgan fingerprint density at radius 2 is 1.50 bits per heavy atom. The van der Waals surface area contributed by atoms with Crippen LogP contribution in [-0.4, -0.2) is 23.9 Å². The van der Waals surface area contributed by atoms with E-state index in [-0.39, 0.29) is 0 Å². The number of hydrogen-bond donors (Lipinski definition) is 0. The normalized spacial score (nSPS) is 10.4. The first-order valence-corrected chi connectivity index (χ1v) is 7.04. The van der Waals surface area contributed by atoms with E-state index in [1.165, 1.54) is 38.5 Å². The molecule has 0 aliphatic heterocycles. The molecule has 0 spiro atoms. The van der Waals surface area contributed by atoms with Crippen LogP contribution in [0.15, 0.2) is 0 Å². The van der Waals surface area contributed by atoms with Crippen molar-refractivity contribution in [2.24, 2.45) is 0 Å². The van der Waals surface area contributed by atoms with E-state index < -0.39 is 0 Å². The predicted molar refractivity (Wildman–Crippen MR) is 70.5 cm³/mol. The van der Waals surface area contributed by atoms with Crippen LogP contribution in [0.1, 0.15) is 72.1 Å². The van der Waals surface area contributed by atoms with Crippen molar-refractivity contribution in [1.29, 1.82) is 0 Å². The van der Waals surface area contributed by atoms with E-state index in [0.717, 1.165) is 25.9 Å². The molecule has 0 aromatic rings. The van der Waals surface area contributed by atoms with Crippen molar-refractivity contribution < 1.29 is 4.79 Å². The minimum Gasteiger partial charge on any atom is -0.343 e. The first-order valence-electron chi connectivity index (χ1n) is 7.04. The molecule has 0 radical (unpaired) electrons. The van der Waals surface area contributed by atoms with Crippen LogP contribution in [0.5, 0.6) is 0 Å². The number of rotatable bonds is 10. The molecule has 2 heteroatoms. The summed E-state index contributed by atoms with van der Waals surface area (Å²) in [5.41, 5.74) is 0. The van der Waals surface area contributed by atoms with Gasteiger partial charge in [-0.3, -0.25) is 4.79 Å². The van der Waals surface area contributed by atoms with Crippen LogP contribution in [0.3, 0.4) is 0 Å². The first-order chi connectivity index (χ1) is 7.76. The highest BCUT2D eigenvalue weighted by Gasteiger charge is 2.09. The molecule has 0 rings (SSSR count). The summed E-state index contributed by atoms with van der Waals surface area (Å²) in [5.74, 6) is 0.354. The Morgan fingerprint density at radius 1 is 0.875 bits per heavy atom. The van der Waals surface area contributed by atoms with Crippen LogP contribution in [0.2, 0.25) is 0 Å². The van der Waals surface area contributed by atoms with E-state index in [1.807, 2.05) is 4.90 Å². The molecule has 0 aromatic heterocycles. The SMILES string of the molecule is CCCCCCN(CC)C(=O)CCCCC. The third-order valence-electron chi connectivity index (χ3n) is 3.01. The third-order valence-corrected chi connectivity index (χ3v) is 3.01. The van der Waals surface area contributed by atoms with Gasteiger partial charge in [0.25, 0.3) is 0 Å². The lowest BCUT2D eigenvalue weighted by Gasteiger charge is -2.20. The summed E-state index contributed by atoms with van der Waals surface area (Å²) in [4.78, 5) is 13.9. The standard InChI is InChI=1S/C14H29NO/c1-4-7-9-11-13-15(6-3)14(16)12-10-8-5-2/h4-13H2,1-3H3. The molecule has 0 unspecified atom stereocenters. The molecule has 96 valence electrons. The van der Waals surface area contributed by atoms with Crippen LogP contribution < -0.4 is 0 Å². The van der Waals surface area contributed by atoms with Crippen molar-refractivity contribution >= 4 is 5.91 Å². The van der Waals surface area contributed by atoms with Crippen molar-refractivity contribution in [3.05, 3.63) is 0 Å². The van der Waals surface area contributed by atoms with Gasteiger partial charge in [-0.1, -0.05) is 46.0 Å². The van der Waals surface area contributed by atoms with Gasteiger partial charge >= 0.3 is 0 Å². The molecular weight excluding hydrogens is 198 g/mol. The van der Waals surface area contributed by atoms with E-state index >= 15 is 0 Å². The average Bonchev–Trinajstić information content (AvgIpc) is 2.29. The molecule has 0 aliphatic carbocycles. The second-order valence-electron chi connectivity index (χ2n) is 4.49. The Hall–Kier alpha value is -0.530. The molecule has 0 saturated heterocycles. The number of carbonyl (C=O) groups excluding carboxylic acids is 1. The number of carbonyl (C=O) groups is 1. The second kappa shape index (κ2) is 11.0. The van der Waals surface area contributed by atoms with Gasteiger partial charge in [-0.15, -0.1) is 0 Å². The largest absolute Gasteiger partial charge is 0.343 e. The molecule has 0 heterocycles. The van der Waals surface area contributed by atoms with E-state index in [9.17, 15) is 4.79 Å². The first kappa shape index (κ1) is 15.5. The molecule has 0 atom stereocenters. The van der Waals surface area contributed by atoms with Crippen molar-refractivity contribution in [2.75, 3.05) is 13.1 Å². The monoisotopic (exact) mass is 227 g/mol. The van der Waals surface area contributed by atoms with Crippen LogP contribution in [0, 0.1) is 0 Å². The highest BCUT2D eigenvalue weighted by Crippen LogP contribution is 2.06. The van der Waals surface area contributed by atoms with Gasteiger partial charge in [-0.05, 0) is 19.8 Å². The Balaban J connectivity index is 3.65. The van der Waals surface area contributed by atoms with Crippen molar-refractivity contribution in [3.8, 4) is 0 Å². The fourth-order valence-electron chi connectivity index (χ4n) is 1.87. The average molecular weight is 227 g/mol. The zero-order chi connectivity index (χ0) is 12.2. The lowest BCUT2D eigenvalue weighted by Crippen LogP contribution is -2.31. The van der Waals surface area contributed by atoms with E-state index in [0.29, 0.717) is 5.91 Å². The summed E-state index contributed by atoms with van der Waals surface area (Å²) >= 11 is 0. The van der Waals surface area contributed by atoms with Gasteiger partial charge in [0.15, 0.2) is 0 Å². The summed E-state index contributed by atoms with van der Waals surface area (Å²) in [6.07, 6.45) is 9.15. The molecule has 2 nitrogen and oxygen atoms in total. The van der Waals surface area contributed by atoms with Crippen molar-refractivity contribution in [1.82, 2.24) is 4.90 Å². The maximum Gasteiger partial charge on any atom is 0.222 e. The summed E-state index contributed by atoms with van der Waals surface area (Å²) in [7, 11) is 0. The van der Waals surface area contributed by atoms with Gasteiger partial charge in [0.05, 0.1) is 0 Å². The minimum absolute atomic E-state index is 0.354. The Labute approximate surface area is 101 Å². The third kappa shape index (κ3) is 7.72. The number of hydrogen-bond acceptors (Lipinski definition) is 1. The number of nitrogens with zero attached hydrogens (tertiary/aromatic N) is 1. The molecular formula is C14H29NO. The van der Waals surface area contributed by atoms with Gasteiger partial charge in [0.2, 0.25) is 5.91 Å². The van der Waals surface area contributed by atoms with Gasteiger partial charge in [-0.2, -0.15) is 0 Å². The van der Waals surface area contributed by atoms with Crippen LogP contribution in [0.25, 0.3) is 0 Å². The second-order valence-corrected chi connectivity index (χ2v) is 4.49. The lowest BCUT2D eigenvalue weighted by atomic mass is 10.1. The Bertz CT molecular complexity index is 168. The fraction of sp³-hybridized carbons (Fsp3) is 0.929. The van der Waals surface area contributed by atoms with Crippen LogP contribution in [-0.2, 0) is 4.79 Å². The molecule has 0 N–H and O–H groups in total. The predicted octanol–water partition coefficient (Wildman–Crippen LogP) is 4.00. The van der Waals surface area contributed by atoms with Gasteiger partial charge in [0, 0.05) is 19.5 Å². The van der Waals surface area contributed by atoms with E-state index in [4.69, 9.17) is 0 Å². The van der Waals surface area contributed by atoms with Crippen molar-refractivity contribution in [2.45, 2.75) is 72.1 Å². The highest BCUT2D eigenvalue weighted by atomic mass is 16.2. The minimum atomic E-state index is 0.354. The maximum atomic E-state index is 11.8. The van der Waals surface area contributed by atoms with Gasteiger partial charge in [0.1, 0.15) is 0 Å². The van der Waals surface area contributed by atoms with Crippen LogP contribution in [0.4, 0.5) is 0 Å². The molecule has 1 amide bonds. The molecule has 16 heavy (non-hydrogen) atoms. The van der Waals surface area contributed by atoms with Crippen LogP contribution >= 0.6 is 0 Å².